The third-order valence-corrected chi connectivity index (χ3v) is 11.1. The summed E-state index contributed by atoms with van der Waals surface area (Å²) >= 11 is 0. The number of carbonyl (C=O) groups is 4. The van der Waals surface area contributed by atoms with E-state index in [4.69, 9.17) is 0 Å². The van der Waals surface area contributed by atoms with Crippen LogP contribution in [0.1, 0.15) is 97.6 Å². The molecule has 4 heterocycles. The maximum absolute atomic E-state index is 13.8. The molecule has 2 aromatic heterocycles. The third-order valence-electron chi connectivity index (χ3n) is 11.1. The molecule has 12 heteroatoms. The summed E-state index contributed by atoms with van der Waals surface area (Å²) in [7, 11) is 0. The molecule has 0 radical (unpaired) electrons. The van der Waals surface area contributed by atoms with Gasteiger partial charge in [0.05, 0.1) is 35.9 Å². The van der Waals surface area contributed by atoms with Crippen molar-refractivity contribution < 1.29 is 19.2 Å². The zero-order valence-electron chi connectivity index (χ0n) is 33.5. The minimum atomic E-state index is -0.763. The first kappa shape index (κ1) is 39.6. The number of hydrogen-bond donors (Lipinski definition) is 4. The van der Waals surface area contributed by atoms with Gasteiger partial charge in [0, 0.05) is 38.1 Å². The van der Waals surface area contributed by atoms with Crippen LogP contribution < -0.4 is 10.6 Å². The lowest BCUT2D eigenvalue weighted by atomic mass is 10.0. The molecule has 4 aromatic carbocycles. The maximum atomic E-state index is 13.8. The number of carbonyl (C=O) groups excluding carboxylic acids is 4. The van der Waals surface area contributed by atoms with Crippen LogP contribution in [0.15, 0.2) is 122 Å². The zero-order valence-corrected chi connectivity index (χ0v) is 33.5. The Balaban J connectivity index is 0.902. The molecule has 0 aliphatic carbocycles. The molecule has 4 atom stereocenters. The van der Waals surface area contributed by atoms with E-state index in [1.54, 1.807) is 12.4 Å². The Morgan fingerprint density at radius 1 is 0.583 bits per heavy atom. The van der Waals surface area contributed by atoms with Crippen LogP contribution in [0.5, 0.6) is 0 Å². The van der Waals surface area contributed by atoms with Gasteiger partial charge in [-0.3, -0.25) is 19.2 Å². The number of likely N-dealkylation sites (tertiary alicyclic amines) is 2. The van der Waals surface area contributed by atoms with Crippen LogP contribution in [0.3, 0.4) is 0 Å². The minimum Gasteiger partial charge on any atom is -0.341 e. The van der Waals surface area contributed by atoms with Crippen molar-refractivity contribution in [1.29, 1.82) is 0 Å². The first-order chi connectivity index (χ1) is 29.2. The average molecular weight is 799 g/mol. The first-order valence-corrected chi connectivity index (χ1v) is 20.3. The van der Waals surface area contributed by atoms with E-state index in [0.717, 1.165) is 82.1 Å². The van der Waals surface area contributed by atoms with Crippen LogP contribution in [-0.4, -0.2) is 66.5 Å². The average Bonchev–Trinajstić information content (AvgIpc) is 4.12. The lowest BCUT2D eigenvalue weighted by Gasteiger charge is -2.28. The van der Waals surface area contributed by atoms with E-state index in [1.165, 1.54) is 13.8 Å². The number of aromatic amines is 2. The molecule has 4 amide bonds. The number of benzene rings is 4. The number of nitrogens with one attached hydrogen (secondary N) is 4. The molecule has 0 saturated carbocycles. The van der Waals surface area contributed by atoms with Crippen LogP contribution >= 0.6 is 0 Å². The minimum absolute atomic E-state index is 0.149. The fourth-order valence-electron chi connectivity index (χ4n) is 8.15. The van der Waals surface area contributed by atoms with E-state index in [9.17, 15) is 19.2 Å². The number of H-pyrrole nitrogens is 2. The maximum Gasteiger partial charge on any atom is 0.250 e. The summed E-state index contributed by atoms with van der Waals surface area (Å²) in [6, 6.07) is 32.6. The predicted octanol–water partition coefficient (Wildman–Crippen LogP) is 6.95. The second-order valence-corrected chi connectivity index (χ2v) is 15.2. The lowest BCUT2D eigenvalue weighted by Crippen LogP contribution is -2.42. The molecule has 4 N–H and O–H groups in total. The van der Waals surface area contributed by atoms with Crippen LogP contribution in [0.2, 0.25) is 0 Å². The van der Waals surface area contributed by atoms with Gasteiger partial charge in [0.1, 0.15) is 23.7 Å². The molecule has 302 valence electrons. The van der Waals surface area contributed by atoms with Gasteiger partial charge in [0.25, 0.3) is 0 Å². The number of amides is 4. The molecule has 8 rings (SSSR count). The van der Waals surface area contributed by atoms with E-state index in [0.29, 0.717) is 13.1 Å². The molecule has 2 saturated heterocycles. The van der Waals surface area contributed by atoms with E-state index in [2.05, 4.69) is 42.4 Å². The highest BCUT2D eigenvalue weighted by molar-refractivity contribution is 5.89. The topological polar surface area (TPSA) is 156 Å². The standard InChI is InChI=1S/C48H46N8O4/c1-31(57)51-43(37-11-5-3-6-12-37)47(59)55-27-9-15-41(55)45-49-29-39(53-45)35-23-19-33(20-24-35)17-18-34-21-25-36(26-22-34)40-30-50-46(54-40)42-16-10-28-56(42)48(60)44(52-32(2)58)38-13-7-4-8-14-38/h3-8,11-14,19-26,29-30,41-44H,9-10,15-16,27-28H2,1-2H3,(H,49,53)(H,50,54)(H,51,57)(H,52,58). The zero-order chi connectivity index (χ0) is 41.6. The predicted molar refractivity (Wildman–Crippen MR) is 227 cm³/mol. The molecule has 0 spiro atoms. The number of nitrogens with zero attached hydrogens (tertiary/aromatic N) is 4. The molecular weight excluding hydrogens is 753 g/mol. The number of hydrogen-bond acceptors (Lipinski definition) is 6. The van der Waals surface area contributed by atoms with Gasteiger partial charge in [-0.05, 0) is 72.2 Å². The van der Waals surface area contributed by atoms with Gasteiger partial charge in [-0.15, -0.1) is 0 Å². The second kappa shape index (κ2) is 17.7. The highest BCUT2D eigenvalue weighted by atomic mass is 16.2. The molecule has 60 heavy (non-hydrogen) atoms. The van der Waals surface area contributed by atoms with Crippen molar-refractivity contribution in [3.05, 3.63) is 155 Å². The second-order valence-electron chi connectivity index (χ2n) is 15.2. The van der Waals surface area contributed by atoms with Crippen LogP contribution in [0, 0.1) is 11.8 Å². The van der Waals surface area contributed by atoms with Crippen LogP contribution in [-0.2, 0) is 19.2 Å². The quantitative estimate of drug-likeness (QED) is 0.110. The Labute approximate surface area is 348 Å². The van der Waals surface area contributed by atoms with Gasteiger partial charge in [-0.1, -0.05) is 96.8 Å². The fraction of sp³-hybridized carbons (Fsp3) is 0.250. The van der Waals surface area contributed by atoms with Gasteiger partial charge >= 0.3 is 0 Å². The number of rotatable bonds is 10. The van der Waals surface area contributed by atoms with Crippen molar-refractivity contribution in [3.8, 4) is 34.4 Å². The molecule has 2 aliphatic heterocycles. The van der Waals surface area contributed by atoms with Gasteiger partial charge in [-0.2, -0.15) is 0 Å². The summed E-state index contributed by atoms with van der Waals surface area (Å²) in [5.74, 6) is 7.14. The Hall–Kier alpha value is -7.26. The molecule has 2 aliphatic rings. The highest BCUT2D eigenvalue weighted by Crippen LogP contribution is 2.35. The normalized spacial score (nSPS) is 17.0. The molecule has 6 aromatic rings. The van der Waals surface area contributed by atoms with Crippen molar-refractivity contribution in [2.45, 2.75) is 63.7 Å². The Morgan fingerprint density at radius 2 is 0.967 bits per heavy atom. The van der Waals surface area contributed by atoms with Crippen LogP contribution in [0.4, 0.5) is 0 Å². The van der Waals surface area contributed by atoms with Gasteiger partial charge in [0.2, 0.25) is 23.6 Å². The van der Waals surface area contributed by atoms with E-state index < -0.39 is 12.1 Å². The van der Waals surface area contributed by atoms with Crippen molar-refractivity contribution in [1.82, 2.24) is 40.4 Å². The summed E-state index contributed by atoms with van der Waals surface area (Å²) in [6.45, 7) is 4.02. The molecule has 12 nitrogen and oxygen atoms in total. The van der Waals surface area contributed by atoms with E-state index in [1.807, 2.05) is 119 Å². The number of aromatic nitrogens is 4. The highest BCUT2D eigenvalue weighted by Gasteiger charge is 2.38. The van der Waals surface area contributed by atoms with Crippen molar-refractivity contribution in [2.24, 2.45) is 0 Å². The SMILES string of the molecule is CC(=O)NC(C(=O)N1CCCC1c1ncc(-c2ccc(C#Cc3ccc(-c4cnc(C5CCCN5C(=O)C(NC(C)=O)c5ccccc5)[nH]4)cc3)cc2)[nH]1)c1ccccc1. The smallest absolute Gasteiger partial charge is 0.250 e. The third kappa shape index (κ3) is 8.76. The first-order valence-electron chi connectivity index (χ1n) is 20.3. The molecular formula is C48H46N8O4. The summed E-state index contributed by atoms with van der Waals surface area (Å²) in [5, 5.41) is 5.68. The van der Waals surface area contributed by atoms with E-state index >= 15 is 0 Å². The fourth-order valence-corrected chi connectivity index (χ4v) is 8.15. The Morgan fingerprint density at radius 3 is 1.33 bits per heavy atom. The van der Waals surface area contributed by atoms with Crippen molar-refractivity contribution in [3.63, 3.8) is 0 Å². The Bertz CT molecular complexity index is 2360. The van der Waals surface area contributed by atoms with E-state index in [-0.39, 0.29) is 35.7 Å². The summed E-state index contributed by atoms with van der Waals surface area (Å²) in [6.07, 6.45) is 6.83. The summed E-state index contributed by atoms with van der Waals surface area (Å²) in [4.78, 5) is 71.6. The van der Waals surface area contributed by atoms with Gasteiger partial charge in [0.15, 0.2) is 0 Å². The summed E-state index contributed by atoms with van der Waals surface area (Å²) < 4.78 is 0. The van der Waals surface area contributed by atoms with Gasteiger partial charge < -0.3 is 30.4 Å². The van der Waals surface area contributed by atoms with Gasteiger partial charge in [-0.25, -0.2) is 9.97 Å². The summed E-state index contributed by atoms with van der Waals surface area (Å²) in [5.41, 5.74) is 6.81. The van der Waals surface area contributed by atoms with Crippen molar-refractivity contribution >= 4 is 23.6 Å². The van der Waals surface area contributed by atoms with Crippen molar-refractivity contribution in [2.75, 3.05) is 13.1 Å². The van der Waals surface area contributed by atoms with Crippen LogP contribution in [0.25, 0.3) is 22.5 Å². The Kier molecular flexibility index (Phi) is 11.7. The molecule has 4 unspecified atom stereocenters. The molecule has 2 fully saturated rings. The largest absolute Gasteiger partial charge is 0.341 e. The molecule has 0 bridgehead atoms. The number of imidazole rings is 2. The lowest BCUT2D eigenvalue weighted by molar-refractivity contribution is -0.137. The monoisotopic (exact) mass is 798 g/mol.